The van der Waals surface area contributed by atoms with Crippen molar-refractivity contribution in [1.82, 2.24) is 4.90 Å². The summed E-state index contributed by atoms with van der Waals surface area (Å²) in [6.07, 6.45) is -1.56. The molecular weight excluding hydrogens is 434 g/mol. The fourth-order valence-corrected chi connectivity index (χ4v) is 4.83. The van der Waals surface area contributed by atoms with Gasteiger partial charge in [-0.25, -0.2) is 0 Å². The van der Waals surface area contributed by atoms with Gasteiger partial charge < -0.3 is 29.7 Å². The Morgan fingerprint density at radius 2 is 1.94 bits per heavy atom. The number of phenols is 2. The van der Waals surface area contributed by atoms with Crippen molar-refractivity contribution in [3.63, 3.8) is 0 Å². The van der Waals surface area contributed by atoms with Crippen LogP contribution in [0, 0.1) is 13.8 Å². The number of phenolic OH excluding ortho intramolecular Hbond substituents is 2. The van der Waals surface area contributed by atoms with Crippen LogP contribution in [0.5, 0.6) is 11.5 Å². The molecule has 1 aliphatic rings. The molecule has 3 aromatic rings. The lowest BCUT2D eigenvalue weighted by Gasteiger charge is -2.34. The van der Waals surface area contributed by atoms with Crippen LogP contribution in [0.15, 0.2) is 33.5 Å². The molecule has 3 unspecified atom stereocenters. The molecule has 7 nitrogen and oxygen atoms in total. The SMILES string of the molecule is Cc1oc2c(C3CCN(C)CC3O)c(O)cc(O)c2c(=O)c1C(O)c1cccc(Cl)c1C. The third-order valence-electron chi connectivity index (χ3n) is 6.42. The van der Waals surface area contributed by atoms with Crippen molar-refractivity contribution in [1.29, 1.82) is 0 Å². The van der Waals surface area contributed by atoms with Crippen molar-refractivity contribution in [2.24, 2.45) is 0 Å². The summed E-state index contributed by atoms with van der Waals surface area (Å²) < 4.78 is 5.97. The first-order valence-electron chi connectivity index (χ1n) is 10.4. The van der Waals surface area contributed by atoms with Gasteiger partial charge in [-0.2, -0.15) is 0 Å². The molecule has 3 atom stereocenters. The number of likely N-dealkylation sites (N-methyl/N-ethyl adjacent to an activating group) is 1. The molecule has 0 amide bonds. The quantitative estimate of drug-likeness (QED) is 0.475. The van der Waals surface area contributed by atoms with Gasteiger partial charge >= 0.3 is 0 Å². The van der Waals surface area contributed by atoms with E-state index >= 15 is 0 Å². The van der Waals surface area contributed by atoms with Crippen LogP contribution < -0.4 is 5.43 Å². The Bertz CT molecular complexity index is 1250. The van der Waals surface area contributed by atoms with E-state index in [1.807, 2.05) is 11.9 Å². The lowest BCUT2D eigenvalue weighted by molar-refractivity contribution is 0.0630. The zero-order valence-electron chi connectivity index (χ0n) is 18.1. The number of rotatable bonds is 3. The van der Waals surface area contributed by atoms with E-state index in [4.69, 9.17) is 16.0 Å². The van der Waals surface area contributed by atoms with Crippen molar-refractivity contribution in [2.45, 2.75) is 38.4 Å². The maximum absolute atomic E-state index is 13.5. The summed E-state index contributed by atoms with van der Waals surface area (Å²) in [5.74, 6) is -1.01. The van der Waals surface area contributed by atoms with Crippen LogP contribution in [0.2, 0.25) is 5.02 Å². The number of fused-ring (bicyclic) bond motifs is 1. The number of aliphatic hydroxyl groups excluding tert-OH is 2. The van der Waals surface area contributed by atoms with E-state index in [9.17, 15) is 25.2 Å². The first-order valence-corrected chi connectivity index (χ1v) is 10.8. The zero-order chi connectivity index (χ0) is 23.3. The molecule has 4 rings (SSSR count). The van der Waals surface area contributed by atoms with E-state index in [1.165, 1.54) is 0 Å². The highest BCUT2D eigenvalue weighted by Crippen LogP contribution is 2.42. The van der Waals surface area contributed by atoms with Crippen molar-refractivity contribution >= 4 is 22.6 Å². The van der Waals surface area contributed by atoms with Crippen LogP contribution in [0.1, 0.15) is 46.5 Å². The van der Waals surface area contributed by atoms with Gasteiger partial charge in [-0.1, -0.05) is 23.7 Å². The fourth-order valence-electron chi connectivity index (χ4n) is 4.65. The topological polar surface area (TPSA) is 114 Å². The number of benzene rings is 2. The average Bonchev–Trinajstić information content (AvgIpc) is 2.70. The van der Waals surface area contributed by atoms with Gasteiger partial charge in [0.25, 0.3) is 0 Å². The summed E-state index contributed by atoms with van der Waals surface area (Å²) in [4.78, 5) is 15.5. The maximum atomic E-state index is 13.5. The minimum Gasteiger partial charge on any atom is -0.507 e. The number of aryl methyl sites for hydroxylation is 1. The first kappa shape index (κ1) is 22.6. The second kappa shape index (κ2) is 8.41. The molecule has 4 N–H and O–H groups in total. The lowest BCUT2D eigenvalue weighted by atomic mass is 9.85. The highest BCUT2D eigenvalue weighted by atomic mass is 35.5. The normalized spacial score (nSPS) is 20.6. The van der Waals surface area contributed by atoms with E-state index in [2.05, 4.69) is 0 Å². The monoisotopic (exact) mass is 459 g/mol. The summed E-state index contributed by atoms with van der Waals surface area (Å²) in [6.45, 7) is 4.39. The molecule has 2 aromatic carbocycles. The maximum Gasteiger partial charge on any atom is 0.202 e. The lowest BCUT2D eigenvalue weighted by Crippen LogP contribution is -2.40. The van der Waals surface area contributed by atoms with Gasteiger partial charge in [0, 0.05) is 29.1 Å². The Labute approximate surface area is 190 Å². The predicted octanol–water partition coefficient (Wildman–Crippen LogP) is 3.34. The van der Waals surface area contributed by atoms with Gasteiger partial charge in [0.05, 0.1) is 11.7 Å². The molecule has 2 heterocycles. The Hall–Kier alpha value is -2.58. The molecule has 0 bridgehead atoms. The molecule has 1 aromatic heterocycles. The summed E-state index contributed by atoms with van der Waals surface area (Å²) in [7, 11) is 1.89. The highest BCUT2D eigenvalue weighted by Gasteiger charge is 2.34. The van der Waals surface area contributed by atoms with E-state index < -0.39 is 29.3 Å². The van der Waals surface area contributed by atoms with Gasteiger partial charge in [-0.3, -0.25) is 4.79 Å². The molecule has 170 valence electrons. The standard InChI is InChI=1S/C24H26ClNO6/c1-11-13(5-4-6-15(11)25)22(30)19-12(2)32-24-20(14-7-8-26(3)10-18(14)29)16(27)9-17(28)21(24)23(19)31/h4-6,9,14,18,22,27-30H,7-8,10H2,1-3H3. The number of β-amino-alcohol motifs (C(OH)–C–C–N with tert-alkyl or cyclic N) is 1. The van der Waals surface area contributed by atoms with Gasteiger partial charge in [-0.15, -0.1) is 0 Å². The molecule has 0 saturated carbocycles. The number of aliphatic hydroxyl groups is 2. The van der Waals surface area contributed by atoms with Gasteiger partial charge in [0.15, 0.2) is 0 Å². The molecule has 32 heavy (non-hydrogen) atoms. The average molecular weight is 460 g/mol. The number of nitrogens with zero attached hydrogens (tertiary/aromatic N) is 1. The largest absolute Gasteiger partial charge is 0.507 e. The van der Waals surface area contributed by atoms with Gasteiger partial charge in [-0.05, 0) is 51.1 Å². The Morgan fingerprint density at radius 1 is 1.22 bits per heavy atom. The van der Waals surface area contributed by atoms with Crippen LogP contribution in [0.25, 0.3) is 11.0 Å². The number of hydrogen-bond donors (Lipinski definition) is 4. The third kappa shape index (κ3) is 3.65. The van der Waals surface area contributed by atoms with E-state index in [-0.39, 0.29) is 28.0 Å². The minimum atomic E-state index is -1.32. The van der Waals surface area contributed by atoms with Crippen LogP contribution in [-0.2, 0) is 0 Å². The smallest absolute Gasteiger partial charge is 0.202 e. The third-order valence-corrected chi connectivity index (χ3v) is 6.83. The van der Waals surface area contributed by atoms with Crippen molar-refractivity contribution in [2.75, 3.05) is 20.1 Å². The van der Waals surface area contributed by atoms with Crippen LogP contribution >= 0.6 is 11.6 Å². The number of halogens is 1. The summed E-state index contributed by atoms with van der Waals surface area (Å²) in [5.41, 5.74) is 0.786. The van der Waals surface area contributed by atoms with E-state index in [0.717, 1.165) is 6.07 Å². The van der Waals surface area contributed by atoms with E-state index in [0.29, 0.717) is 41.2 Å². The van der Waals surface area contributed by atoms with Crippen molar-refractivity contribution in [3.05, 3.63) is 67.5 Å². The van der Waals surface area contributed by atoms with Crippen LogP contribution in [0.4, 0.5) is 0 Å². The van der Waals surface area contributed by atoms with Crippen molar-refractivity contribution in [3.8, 4) is 11.5 Å². The second-order valence-electron chi connectivity index (χ2n) is 8.52. The Kier molecular flexibility index (Phi) is 5.94. The molecule has 8 heteroatoms. The molecule has 1 saturated heterocycles. The Morgan fingerprint density at radius 3 is 2.62 bits per heavy atom. The molecule has 1 fully saturated rings. The number of hydrogen-bond acceptors (Lipinski definition) is 7. The van der Waals surface area contributed by atoms with E-state index in [1.54, 1.807) is 32.0 Å². The Balaban J connectivity index is 1.95. The second-order valence-corrected chi connectivity index (χ2v) is 8.92. The predicted molar refractivity (Wildman–Crippen MR) is 122 cm³/mol. The molecule has 0 spiro atoms. The van der Waals surface area contributed by atoms with Crippen molar-refractivity contribution < 1.29 is 24.8 Å². The summed E-state index contributed by atoms with van der Waals surface area (Å²) in [6, 6.07) is 6.14. The van der Waals surface area contributed by atoms with Gasteiger partial charge in [0.1, 0.15) is 34.3 Å². The number of piperidine rings is 1. The van der Waals surface area contributed by atoms with Crippen LogP contribution in [-0.4, -0.2) is 51.6 Å². The molecule has 0 radical (unpaired) electrons. The highest BCUT2D eigenvalue weighted by molar-refractivity contribution is 6.31. The number of likely N-dealkylation sites (tertiary alicyclic amines) is 1. The molecule has 0 aliphatic carbocycles. The molecule has 1 aliphatic heterocycles. The summed E-state index contributed by atoms with van der Waals surface area (Å²) >= 11 is 6.19. The minimum absolute atomic E-state index is 0.0151. The molecular formula is C24H26ClNO6. The first-order chi connectivity index (χ1) is 15.1. The van der Waals surface area contributed by atoms with Gasteiger partial charge in [0.2, 0.25) is 5.43 Å². The number of aromatic hydroxyl groups is 2. The zero-order valence-corrected chi connectivity index (χ0v) is 18.8. The fraction of sp³-hybridized carbons (Fsp3) is 0.375. The summed E-state index contributed by atoms with van der Waals surface area (Å²) in [5, 5.41) is 43.2. The van der Waals surface area contributed by atoms with Crippen LogP contribution in [0.3, 0.4) is 0 Å².